The lowest BCUT2D eigenvalue weighted by molar-refractivity contribution is 0.0502. The van der Waals surface area contributed by atoms with Gasteiger partial charge in [0.2, 0.25) is 0 Å². The minimum absolute atomic E-state index is 0. The summed E-state index contributed by atoms with van der Waals surface area (Å²) in [5.74, 6) is 0.684. The van der Waals surface area contributed by atoms with Gasteiger partial charge in [0.1, 0.15) is 5.60 Å². The Labute approximate surface area is 157 Å². The van der Waals surface area contributed by atoms with Crippen LogP contribution >= 0.6 is 24.0 Å². The molecule has 8 heteroatoms. The lowest BCUT2D eigenvalue weighted by atomic mass is 10.1. The van der Waals surface area contributed by atoms with Gasteiger partial charge in [-0.3, -0.25) is 4.99 Å². The molecule has 0 aromatic heterocycles. The van der Waals surface area contributed by atoms with E-state index in [0.717, 1.165) is 12.8 Å². The van der Waals surface area contributed by atoms with E-state index in [-0.39, 0.29) is 30.0 Å². The first-order chi connectivity index (χ1) is 10.3. The van der Waals surface area contributed by atoms with E-state index in [9.17, 15) is 4.79 Å². The molecule has 0 rings (SSSR count). The van der Waals surface area contributed by atoms with E-state index in [1.165, 1.54) is 0 Å². The zero-order valence-electron chi connectivity index (χ0n) is 15.2. The molecule has 138 valence electrons. The minimum Gasteiger partial charge on any atom is -0.444 e. The lowest BCUT2D eigenvalue weighted by Gasteiger charge is -2.24. The summed E-state index contributed by atoms with van der Waals surface area (Å²) in [5.41, 5.74) is -0.494. The summed E-state index contributed by atoms with van der Waals surface area (Å²) in [4.78, 5) is 16.0. The van der Waals surface area contributed by atoms with Crippen molar-refractivity contribution in [3.05, 3.63) is 0 Å². The number of ether oxygens (including phenoxy) is 2. The van der Waals surface area contributed by atoms with Crippen LogP contribution in [0.4, 0.5) is 4.79 Å². The number of carbonyl (C=O) groups is 1. The molecule has 0 aliphatic rings. The molecule has 1 atom stereocenters. The number of hydrogen-bond acceptors (Lipinski definition) is 4. The molecule has 3 N–H and O–H groups in total. The third kappa shape index (κ3) is 14.5. The highest BCUT2D eigenvalue weighted by Gasteiger charge is 2.19. The van der Waals surface area contributed by atoms with Crippen LogP contribution in [0.25, 0.3) is 0 Å². The Kier molecular flexibility index (Phi) is 14.5. The molecule has 0 saturated heterocycles. The predicted octanol–water partition coefficient (Wildman–Crippen LogP) is 2.11. The summed E-state index contributed by atoms with van der Waals surface area (Å²) in [6.45, 7) is 9.49. The zero-order chi connectivity index (χ0) is 17.0. The van der Waals surface area contributed by atoms with E-state index in [2.05, 4.69) is 27.9 Å². The Morgan fingerprint density at radius 1 is 1.26 bits per heavy atom. The van der Waals surface area contributed by atoms with Crippen molar-refractivity contribution in [2.24, 2.45) is 4.99 Å². The monoisotopic (exact) mass is 444 g/mol. The third-order valence-electron chi connectivity index (χ3n) is 2.70. The second kappa shape index (κ2) is 13.6. The highest BCUT2D eigenvalue weighted by atomic mass is 127. The second-order valence-corrected chi connectivity index (χ2v) is 6.00. The largest absolute Gasteiger partial charge is 0.444 e. The van der Waals surface area contributed by atoms with Crippen LogP contribution in [0, 0.1) is 0 Å². The Hall–Kier alpha value is -0.770. The fraction of sp³-hybridized carbons (Fsp3) is 0.867. The second-order valence-electron chi connectivity index (χ2n) is 6.00. The first-order valence-electron chi connectivity index (χ1n) is 7.75. The van der Waals surface area contributed by atoms with Crippen molar-refractivity contribution in [2.75, 3.05) is 33.9 Å². The van der Waals surface area contributed by atoms with E-state index in [1.54, 1.807) is 14.2 Å². The number of nitrogens with one attached hydrogen (secondary N) is 3. The number of aliphatic imine (C=N–C) groups is 1. The van der Waals surface area contributed by atoms with Gasteiger partial charge in [0, 0.05) is 33.3 Å². The van der Waals surface area contributed by atoms with Gasteiger partial charge >= 0.3 is 6.09 Å². The first-order valence-corrected chi connectivity index (χ1v) is 7.75. The van der Waals surface area contributed by atoms with Crippen LogP contribution in [0.5, 0.6) is 0 Å². The summed E-state index contributed by atoms with van der Waals surface area (Å²) >= 11 is 0. The third-order valence-corrected chi connectivity index (χ3v) is 2.70. The quantitative estimate of drug-likeness (QED) is 0.231. The molecule has 0 saturated carbocycles. The van der Waals surface area contributed by atoms with E-state index in [1.807, 2.05) is 20.8 Å². The topological polar surface area (TPSA) is 84.0 Å². The van der Waals surface area contributed by atoms with Crippen LogP contribution in [-0.4, -0.2) is 57.5 Å². The predicted molar refractivity (Wildman–Crippen MR) is 105 cm³/mol. The standard InChI is InChI=1S/C15H32N4O3.HI/c1-7-8-12(19-14(20)22-15(2,3)4)11-18-13(16-5)17-9-10-21-6;/h12H,7-11H2,1-6H3,(H,19,20)(H2,16,17,18);1H. The molecular weight excluding hydrogens is 411 g/mol. The number of methoxy groups -OCH3 is 1. The summed E-state index contributed by atoms with van der Waals surface area (Å²) in [5, 5.41) is 9.21. The van der Waals surface area contributed by atoms with Gasteiger partial charge in [-0.05, 0) is 27.2 Å². The van der Waals surface area contributed by atoms with Crippen molar-refractivity contribution < 1.29 is 14.3 Å². The Balaban J connectivity index is 0. The number of halogens is 1. The fourth-order valence-corrected chi connectivity index (χ4v) is 1.76. The number of carbonyl (C=O) groups excluding carboxylic acids is 1. The maximum Gasteiger partial charge on any atom is 0.407 e. The molecule has 0 aliphatic carbocycles. The van der Waals surface area contributed by atoms with Gasteiger partial charge in [-0.1, -0.05) is 13.3 Å². The number of alkyl carbamates (subject to hydrolysis) is 1. The van der Waals surface area contributed by atoms with Gasteiger partial charge in [0.05, 0.1) is 6.61 Å². The highest BCUT2D eigenvalue weighted by molar-refractivity contribution is 14.0. The van der Waals surface area contributed by atoms with Gasteiger partial charge < -0.3 is 25.4 Å². The summed E-state index contributed by atoms with van der Waals surface area (Å²) in [7, 11) is 3.36. The van der Waals surface area contributed by atoms with Gasteiger partial charge in [0.25, 0.3) is 0 Å². The normalized spacial score (nSPS) is 12.9. The van der Waals surface area contributed by atoms with Gasteiger partial charge in [0.15, 0.2) is 5.96 Å². The number of guanidine groups is 1. The molecule has 0 fully saturated rings. The first kappa shape index (κ1) is 24.5. The van der Waals surface area contributed by atoms with Crippen molar-refractivity contribution in [3.63, 3.8) is 0 Å². The molecule has 0 aromatic rings. The van der Waals surface area contributed by atoms with Crippen LogP contribution in [0.3, 0.4) is 0 Å². The Bertz CT molecular complexity index is 346. The minimum atomic E-state index is -0.494. The number of nitrogens with zero attached hydrogens (tertiary/aromatic N) is 1. The Morgan fingerprint density at radius 3 is 2.39 bits per heavy atom. The number of rotatable bonds is 8. The molecular formula is C15H33IN4O3. The SMILES string of the molecule is CCCC(CNC(=NC)NCCOC)NC(=O)OC(C)(C)C.I. The van der Waals surface area contributed by atoms with Crippen LogP contribution in [0.2, 0.25) is 0 Å². The number of hydrogen-bond donors (Lipinski definition) is 3. The average Bonchev–Trinajstić information content (AvgIpc) is 2.40. The molecule has 0 spiro atoms. The lowest BCUT2D eigenvalue weighted by Crippen LogP contribution is -2.48. The van der Waals surface area contributed by atoms with Crippen LogP contribution in [0.1, 0.15) is 40.5 Å². The van der Waals surface area contributed by atoms with Gasteiger partial charge in [-0.15, -0.1) is 24.0 Å². The fourth-order valence-electron chi connectivity index (χ4n) is 1.76. The Morgan fingerprint density at radius 2 is 1.91 bits per heavy atom. The molecule has 7 nitrogen and oxygen atoms in total. The maximum atomic E-state index is 11.8. The van der Waals surface area contributed by atoms with Gasteiger partial charge in [-0.25, -0.2) is 4.79 Å². The highest BCUT2D eigenvalue weighted by Crippen LogP contribution is 2.07. The van der Waals surface area contributed by atoms with Crippen molar-refractivity contribution in [1.82, 2.24) is 16.0 Å². The molecule has 0 heterocycles. The van der Waals surface area contributed by atoms with E-state index in [4.69, 9.17) is 9.47 Å². The molecule has 23 heavy (non-hydrogen) atoms. The smallest absolute Gasteiger partial charge is 0.407 e. The van der Waals surface area contributed by atoms with Crippen LogP contribution < -0.4 is 16.0 Å². The molecule has 0 radical (unpaired) electrons. The van der Waals surface area contributed by atoms with Crippen LogP contribution in [0.15, 0.2) is 4.99 Å². The molecule has 0 bridgehead atoms. The maximum absolute atomic E-state index is 11.8. The van der Waals surface area contributed by atoms with Crippen molar-refractivity contribution in [3.8, 4) is 0 Å². The summed E-state index contributed by atoms with van der Waals surface area (Å²) in [6, 6.07) is -0.0131. The van der Waals surface area contributed by atoms with E-state index in [0.29, 0.717) is 25.7 Å². The van der Waals surface area contributed by atoms with Crippen molar-refractivity contribution in [1.29, 1.82) is 0 Å². The van der Waals surface area contributed by atoms with E-state index >= 15 is 0 Å². The molecule has 1 amide bonds. The van der Waals surface area contributed by atoms with Crippen molar-refractivity contribution >= 4 is 36.0 Å². The average molecular weight is 444 g/mol. The van der Waals surface area contributed by atoms with Crippen molar-refractivity contribution in [2.45, 2.75) is 52.2 Å². The molecule has 0 aliphatic heterocycles. The van der Waals surface area contributed by atoms with E-state index < -0.39 is 11.7 Å². The number of amides is 1. The van der Waals surface area contributed by atoms with Crippen LogP contribution in [-0.2, 0) is 9.47 Å². The summed E-state index contributed by atoms with van der Waals surface area (Å²) < 4.78 is 10.3. The summed E-state index contributed by atoms with van der Waals surface area (Å²) in [6.07, 6.45) is 1.44. The zero-order valence-corrected chi connectivity index (χ0v) is 17.5. The molecule has 0 aromatic carbocycles. The molecule has 1 unspecified atom stereocenters. The van der Waals surface area contributed by atoms with Gasteiger partial charge in [-0.2, -0.15) is 0 Å².